The summed E-state index contributed by atoms with van der Waals surface area (Å²) in [6.07, 6.45) is 2.03. The first-order valence-electron chi connectivity index (χ1n) is 8.00. The van der Waals surface area contributed by atoms with Gasteiger partial charge in [0.1, 0.15) is 12.1 Å². The van der Waals surface area contributed by atoms with Crippen LogP contribution in [0, 0.1) is 21.4 Å². The lowest BCUT2D eigenvalue weighted by atomic mass is 10.1. The second-order valence-corrected chi connectivity index (χ2v) is 6.08. The average molecular weight is 353 g/mol. The van der Waals surface area contributed by atoms with E-state index in [0.717, 1.165) is 29.3 Å². The summed E-state index contributed by atoms with van der Waals surface area (Å²) in [5, 5.41) is 26.7. The summed E-state index contributed by atoms with van der Waals surface area (Å²) in [5.74, 6) is -0.213. The number of nitriles is 1. The van der Waals surface area contributed by atoms with Crippen LogP contribution in [0.1, 0.15) is 43.0 Å². The Morgan fingerprint density at radius 1 is 1.42 bits per heavy atom. The molecule has 1 aliphatic rings. The van der Waals surface area contributed by atoms with Crippen LogP contribution >= 0.6 is 0 Å². The van der Waals surface area contributed by atoms with Gasteiger partial charge in [-0.3, -0.25) is 19.7 Å². The lowest BCUT2D eigenvalue weighted by Crippen LogP contribution is -2.33. The summed E-state index contributed by atoms with van der Waals surface area (Å²) in [6, 6.07) is 7.54. The van der Waals surface area contributed by atoms with E-state index >= 15 is 0 Å². The predicted molar refractivity (Wildman–Crippen MR) is 91.6 cm³/mol. The van der Waals surface area contributed by atoms with Crippen molar-refractivity contribution in [2.75, 3.05) is 5.32 Å². The minimum Gasteiger partial charge on any atom is -0.323 e. The third-order valence-corrected chi connectivity index (χ3v) is 4.18. The number of hydrogen-bond donors (Lipinski definition) is 1. The first-order chi connectivity index (χ1) is 12.4. The quantitative estimate of drug-likeness (QED) is 0.647. The van der Waals surface area contributed by atoms with E-state index < -0.39 is 22.4 Å². The molecule has 1 N–H and O–H groups in total. The van der Waals surface area contributed by atoms with E-state index in [1.807, 2.05) is 6.07 Å². The molecule has 132 valence electrons. The number of hydrogen-bond acceptors (Lipinski definition) is 6. The molecule has 0 radical (unpaired) electrons. The van der Waals surface area contributed by atoms with Crippen LogP contribution in [-0.4, -0.2) is 20.6 Å². The fourth-order valence-corrected chi connectivity index (χ4v) is 2.51. The number of nitro benzene ring substituents is 1. The topological polar surface area (TPSA) is 131 Å². The van der Waals surface area contributed by atoms with Crippen molar-refractivity contribution in [2.45, 2.75) is 31.7 Å². The van der Waals surface area contributed by atoms with E-state index in [4.69, 9.17) is 5.26 Å². The molecule has 0 aliphatic heterocycles. The second-order valence-electron chi connectivity index (χ2n) is 6.08. The number of carbonyl (C=O) groups excluding carboxylic acids is 1. The summed E-state index contributed by atoms with van der Waals surface area (Å²) in [5.41, 5.74) is 0.231. The number of nitrogens with one attached hydrogen (secondary N) is 1. The van der Waals surface area contributed by atoms with E-state index in [0.29, 0.717) is 5.92 Å². The molecular formula is C17H15N5O4. The summed E-state index contributed by atoms with van der Waals surface area (Å²) in [6.45, 7) is 1.53. The molecule has 9 nitrogen and oxygen atoms in total. The van der Waals surface area contributed by atoms with Gasteiger partial charge in [-0.1, -0.05) is 0 Å². The van der Waals surface area contributed by atoms with Gasteiger partial charge < -0.3 is 5.32 Å². The van der Waals surface area contributed by atoms with Gasteiger partial charge in [-0.25, -0.2) is 4.68 Å². The standard InChI is InChI=1S/C17H15N5O4/c1-10(21-16(23)7-6-15(20-21)11-2-3-11)17(24)19-14-5-4-13(22(25)26)8-12(14)9-18/h4-8,10-11H,2-3H2,1H3,(H,19,24). The van der Waals surface area contributed by atoms with Gasteiger partial charge in [0.15, 0.2) is 0 Å². The maximum Gasteiger partial charge on any atom is 0.270 e. The van der Waals surface area contributed by atoms with Crippen LogP contribution in [0.15, 0.2) is 35.1 Å². The molecule has 0 bridgehead atoms. The molecule has 1 heterocycles. The first kappa shape index (κ1) is 17.3. The highest BCUT2D eigenvalue weighted by Gasteiger charge is 2.27. The highest BCUT2D eigenvalue weighted by Crippen LogP contribution is 2.38. The lowest BCUT2D eigenvalue weighted by Gasteiger charge is -2.15. The van der Waals surface area contributed by atoms with E-state index in [1.54, 1.807) is 6.07 Å². The normalized spacial score (nSPS) is 14.3. The minimum atomic E-state index is -0.900. The van der Waals surface area contributed by atoms with E-state index in [-0.39, 0.29) is 16.9 Å². The Morgan fingerprint density at radius 3 is 2.77 bits per heavy atom. The highest BCUT2D eigenvalue weighted by molar-refractivity contribution is 5.94. The largest absolute Gasteiger partial charge is 0.323 e. The molecule has 0 saturated heterocycles. The van der Waals surface area contributed by atoms with Crippen molar-refractivity contribution in [1.82, 2.24) is 9.78 Å². The maximum atomic E-state index is 12.5. The van der Waals surface area contributed by atoms with Crippen LogP contribution < -0.4 is 10.9 Å². The van der Waals surface area contributed by atoms with Gasteiger partial charge in [-0.2, -0.15) is 10.4 Å². The molecule has 1 aromatic heterocycles. The average Bonchev–Trinajstić information content (AvgIpc) is 3.46. The van der Waals surface area contributed by atoms with Crippen molar-refractivity contribution < 1.29 is 9.72 Å². The molecule has 1 amide bonds. The Morgan fingerprint density at radius 2 is 2.15 bits per heavy atom. The summed E-state index contributed by atoms with van der Waals surface area (Å²) < 4.78 is 1.11. The zero-order valence-electron chi connectivity index (χ0n) is 13.9. The Bertz CT molecular complexity index is 987. The SMILES string of the molecule is CC(C(=O)Nc1ccc([N+](=O)[O-])cc1C#N)n1nc(C2CC2)ccc1=O. The molecule has 1 aliphatic carbocycles. The van der Waals surface area contributed by atoms with Crippen LogP contribution in [0.4, 0.5) is 11.4 Å². The third kappa shape index (κ3) is 3.44. The molecule has 1 saturated carbocycles. The Hall–Kier alpha value is -3.54. The molecule has 1 atom stereocenters. The summed E-state index contributed by atoms with van der Waals surface area (Å²) in [7, 11) is 0. The number of rotatable bonds is 5. The summed E-state index contributed by atoms with van der Waals surface area (Å²) in [4.78, 5) is 34.7. The molecular weight excluding hydrogens is 338 g/mol. The fraction of sp³-hybridized carbons (Fsp3) is 0.294. The lowest BCUT2D eigenvalue weighted by molar-refractivity contribution is -0.384. The number of carbonyl (C=O) groups is 1. The number of aromatic nitrogens is 2. The Balaban J connectivity index is 1.84. The highest BCUT2D eigenvalue weighted by atomic mass is 16.6. The second kappa shape index (κ2) is 6.76. The van der Waals surface area contributed by atoms with Crippen LogP contribution in [0.5, 0.6) is 0 Å². The molecule has 0 spiro atoms. The number of nitrogens with zero attached hydrogens (tertiary/aromatic N) is 4. The zero-order valence-corrected chi connectivity index (χ0v) is 13.9. The van der Waals surface area contributed by atoms with Crippen LogP contribution in [-0.2, 0) is 4.79 Å². The smallest absolute Gasteiger partial charge is 0.270 e. The first-order valence-corrected chi connectivity index (χ1v) is 8.00. The Kier molecular flexibility index (Phi) is 4.49. The molecule has 1 aromatic carbocycles. The molecule has 1 fully saturated rings. The zero-order chi connectivity index (χ0) is 18.8. The molecule has 26 heavy (non-hydrogen) atoms. The maximum absolute atomic E-state index is 12.5. The van der Waals surface area contributed by atoms with Crippen molar-refractivity contribution in [2.24, 2.45) is 0 Å². The fourth-order valence-electron chi connectivity index (χ4n) is 2.51. The van der Waals surface area contributed by atoms with Crippen molar-refractivity contribution in [3.05, 3.63) is 62.1 Å². The minimum absolute atomic E-state index is 0.0354. The summed E-state index contributed by atoms with van der Waals surface area (Å²) >= 11 is 0. The Labute approximate surface area is 148 Å². The monoisotopic (exact) mass is 353 g/mol. The number of benzene rings is 1. The van der Waals surface area contributed by atoms with Gasteiger partial charge in [-0.15, -0.1) is 0 Å². The van der Waals surface area contributed by atoms with Crippen LogP contribution in [0.25, 0.3) is 0 Å². The number of anilines is 1. The van der Waals surface area contributed by atoms with Gasteiger partial charge in [0.05, 0.1) is 21.9 Å². The third-order valence-electron chi connectivity index (χ3n) is 4.18. The number of non-ortho nitro benzene ring substituents is 1. The van der Waals surface area contributed by atoms with Gasteiger partial charge in [-0.05, 0) is 31.9 Å². The van der Waals surface area contributed by atoms with Crippen molar-refractivity contribution >= 4 is 17.3 Å². The number of nitro groups is 1. The molecule has 3 rings (SSSR count). The van der Waals surface area contributed by atoms with Gasteiger partial charge in [0, 0.05) is 24.1 Å². The van der Waals surface area contributed by atoms with Crippen LogP contribution in [0.3, 0.4) is 0 Å². The van der Waals surface area contributed by atoms with Crippen molar-refractivity contribution in [1.29, 1.82) is 5.26 Å². The molecule has 1 unspecified atom stereocenters. The van der Waals surface area contributed by atoms with Crippen molar-refractivity contribution in [3.63, 3.8) is 0 Å². The molecule has 9 heteroatoms. The predicted octanol–water partition coefficient (Wildman–Crippen LogP) is 2.10. The van der Waals surface area contributed by atoms with E-state index in [9.17, 15) is 19.7 Å². The molecule has 2 aromatic rings. The van der Waals surface area contributed by atoms with Crippen LogP contribution in [0.2, 0.25) is 0 Å². The van der Waals surface area contributed by atoms with Gasteiger partial charge >= 0.3 is 0 Å². The number of amides is 1. The van der Waals surface area contributed by atoms with E-state index in [2.05, 4.69) is 10.4 Å². The van der Waals surface area contributed by atoms with E-state index in [1.165, 1.54) is 25.1 Å². The van der Waals surface area contributed by atoms with Gasteiger partial charge in [0.2, 0.25) is 5.91 Å². The van der Waals surface area contributed by atoms with Crippen molar-refractivity contribution in [3.8, 4) is 6.07 Å². The van der Waals surface area contributed by atoms with Gasteiger partial charge in [0.25, 0.3) is 11.2 Å².